The third-order valence-corrected chi connectivity index (χ3v) is 2.42. The first-order valence-corrected chi connectivity index (χ1v) is 5.14. The molecule has 1 aliphatic rings. The van der Waals surface area contributed by atoms with Gasteiger partial charge in [-0.1, -0.05) is 0 Å². The van der Waals surface area contributed by atoms with Crippen LogP contribution in [0.3, 0.4) is 0 Å². The van der Waals surface area contributed by atoms with Crippen molar-refractivity contribution in [2.45, 2.75) is 25.9 Å². The van der Waals surface area contributed by atoms with Crippen LogP contribution < -0.4 is 10.1 Å². The Labute approximate surface area is 84.5 Å². The van der Waals surface area contributed by atoms with Crippen molar-refractivity contribution < 1.29 is 4.74 Å². The largest absolute Gasteiger partial charge is 0.489 e. The minimum Gasteiger partial charge on any atom is -0.489 e. The second-order valence-corrected chi connectivity index (χ2v) is 3.72. The first kappa shape index (κ1) is 9.46. The van der Waals surface area contributed by atoms with E-state index in [1.54, 1.807) is 6.20 Å². The quantitative estimate of drug-likeness (QED) is 0.771. The normalized spacial score (nSPS) is 21.9. The molecule has 2 rings (SSSR count). The molecule has 0 bridgehead atoms. The zero-order chi connectivity index (χ0) is 9.80. The van der Waals surface area contributed by atoms with Gasteiger partial charge in [-0.2, -0.15) is 0 Å². The fraction of sp³-hybridized carbons (Fsp3) is 0.545. The van der Waals surface area contributed by atoms with E-state index in [4.69, 9.17) is 4.74 Å². The highest BCUT2D eigenvalue weighted by atomic mass is 16.5. The molecule has 1 N–H and O–H groups in total. The standard InChI is InChI=1S/C11H16N2O/c1-9-7-10(4-6-13-9)14-11-3-2-5-12-8-11/h4,6-7,11-12H,2-3,5,8H2,1H3/t11-/m0/s1. The van der Waals surface area contributed by atoms with Crippen molar-refractivity contribution >= 4 is 0 Å². The van der Waals surface area contributed by atoms with Crippen LogP contribution in [0.25, 0.3) is 0 Å². The molecule has 0 saturated carbocycles. The maximum Gasteiger partial charge on any atom is 0.123 e. The minimum atomic E-state index is 0.325. The summed E-state index contributed by atoms with van der Waals surface area (Å²) in [6, 6.07) is 3.90. The number of hydrogen-bond acceptors (Lipinski definition) is 3. The van der Waals surface area contributed by atoms with Gasteiger partial charge in [0.15, 0.2) is 0 Å². The summed E-state index contributed by atoms with van der Waals surface area (Å²) in [4.78, 5) is 4.14. The molecule has 3 heteroatoms. The topological polar surface area (TPSA) is 34.1 Å². The van der Waals surface area contributed by atoms with Gasteiger partial charge in [0, 0.05) is 24.5 Å². The Morgan fingerprint density at radius 1 is 1.57 bits per heavy atom. The summed E-state index contributed by atoms with van der Waals surface area (Å²) >= 11 is 0. The molecule has 1 aromatic heterocycles. The predicted molar refractivity (Wildman–Crippen MR) is 55.5 cm³/mol. The summed E-state index contributed by atoms with van der Waals surface area (Å²) in [6.07, 6.45) is 4.47. The van der Waals surface area contributed by atoms with Crippen molar-refractivity contribution in [3.63, 3.8) is 0 Å². The van der Waals surface area contributed by atoms with Crippen molar-refractivity contribution in [2.75, 3.05) is 13.1 Å². The lowest BCUT2D eigenvalue weighted by Crippen LogP contribution is -2.37. The molecule has 1 atom stereocenters. The van der Waals surface area contributed by atoms with Crippen LogP contribution in [0.1, 0.15) is 18.5 Å². The second-order valence-electron chi connectivity index (χ2n) is 3.72. The molecule has 14 heavy (non-hydrogen) atoms. The number of hydrogen-bond donors (Lipinski definition) is 1. The van der Waals surface area contributed by atoms with Crippen molar-refractivity contribution in [3.8, 4) is 5.75 Å². The average Bonchev–Trinajstić information content (AvgIpc) is 2.19. The molecule has 0 spiro atoms. The van der Waals surface area contributed by atoms with Gasteiger partial charge in [0.25, 0.3) is 0 Å². The molecule has 0 aromatic carbocycles. The number of piperidine rings is 1. The summed E-state index contributed by atoms with van der Waals surface area (Å²) in [5.74, 6) is 0.936. The van der Waals surface area contributed by atoms with Crippen molar-refractivity contribution in [1.82, 2.24) is 10.3 Å². The third kappa shape index (κ3) is 2.45. The van der Waals surface area contributed by atoms with Gasteiger partial charge >= 0.3 is 0 Å². The molecule has 0 unspecified atom stereocenters. The van der Waals surface area contributed by atoms with Crippen LogP contribution in [0.5, 0.6) is 5.75 Å². The number of nitrogens with one attached hydrogen (secondary N) is 1. The van der Waals surface area contributed by atoms with E-state index in [1.807, 2.05) is 19.1 Å². The van der Waals surface area contributed by atoms with Crippen LogP contribution in [0, 0.1) is 6.92 Å². The lowest BCUT2D eigenvalue weighted by Gasteiger charge is -2.23. The smallest absolute Gasteiger partial charge is 0.123 e. The minimum absolute atomic E-state index is 0.325. The molecule has 2 heterocycles. The zero-order valence-electron chi connectivity index (χ0n) is 8.49. The predicted octanol–water partition coefficient (Wildman–Crippen LogP) is 1.52. The van der Waals surface area contributed by atoms with Gasteiger partial charge < -0.3 is 10.1 Å². The molecular weight excluding hydrogens is 176 g/mol. The van der Waals surface area contributed by atoms with Gasteiger partial charge in [0.1, 0.15) is 11.9 Å². The summed E-state index contributed by atoms with van der Waals surface area (Å²) in [6.45, 7) is 4.06. The SMILES string of the molecule is Cc1cc(O[C@H]2CCCNC2)ccn1. The van der Waals surface area contributed by atoms with Gasteiger partial charge in [-0.15, -0.1) is 0 Å². The number of pyridine rings is 1. The van der Waals surface area contributed by atoms with Crippen molar-refractivity contribution in [1.29, 1.82) is 0 Å². The van der Waals surface area contributed by atoms with E-state index in [0.717, 1.165) is 31.0 Å². The first-order chi connectivity index (χ1) is 6.84. The van der Waals surface area contributed by atoms with E-state index in [-0.39, 0.29) is 0 Å². The van der Waals surface area contributed by atoms with E-state index in [2.05, 4.69) is 10.3 Å². The molecule has 0 aliphatic carbocycles. The fourth-order valence-electron chi connectivity index (χ4n) is 1.71. The van der Waals surface area contributed by atoms with Crippen LogP contribution in [0.2, 0.25) is 0 Å². The van der Waals surface area contributed by atoms with Crippen LogP contribution in [-0.2, 0) is 0 Å². The molecule has 0 radical (unpaired) electrons. The number of nitrogens with zero attached hydrogens (tertiary/aromatic N) is 1. The molecule has 1 fully saturated rings. The van der Waals surface area contributed by atoms with Gasteiger partial charge in [-0.3, -0.25) is 4.98 Å². The Morgan fingerprint density at radius 3 is 3.21 bits per heavy atom. The first-order valence-electron chi connectivity index (χ1n) is 5.14. The van der Waals surface area contributed by atoms with Crippen LogP contribution >= 0.6 is 0 Å². The van der Waals surface area contributed by atoms with Gasteiger partial charge in [0.05, 0.1) is 0 Å². The highest BCUT2D eigenvalue weighted by Crippen LogP contribution is 2.15. The molecule has 1 aromatic rings. The van der Waals surface area contributed by atoms with Gasteiger partial charge in [0.2, 0.25) is 0 Å². The van der Waals surface area contributed by atoms with E-state index in [9.17, 15) is 0 Å². The Hall–Kier alpha value is -1.09. The lowest BCUT2D eigenvalue weighted by molar-refractivity contribution is 0.167. The highest BCUT2D eigenvalue weighted by molar-refractivity contribution is 5.22. The maximum atomic E-state index is 5.83. The number of rotatable bonds is 2. The number of aromatic nitrogens is 1. The zero-order valence-corrected chi connectivity index (χ0v) is 8.49. The molecular formula is C11H16N2O. The average molecular weight is 192 g/mol. The van der Waals surface area contributed by atoms with Gasteiger partial charge in [-0.05, 0) is 32.4 Å². The Morgan fingerprint density at radius 2 is 2.50 bits per heavy atom. The molecule has 76 valence electrons. The van der Waals surface area contributed by atoms with E-state index in [1.165, 1.54) is 6.42 Å². The third-order valence-electron chi connectivity index (χ3n) is 2.42. The van der Waals surface area contributed by atoms with Crippen molar-refractivity contribution in [3.05, 3.63) is 24.0 Å². The molecule has 1 aliphatic heterocycles. The van der Waals surface area contributed by atoms with E-state index < -0.39 is 0 Å². The summed E-state index contributed by atoms with van der Waals surface area (Å²) in [5, 5.41) is 3.33. The summed E-state index contributed by atoms with van der Waals surface area (Å²) in [5.41, 5.74) is 1.01. The number of aryl methyl sites for hydroxylation is 1. The maximum absolute atomic E-state index is 5.83. The molecule has 3 nitrogen and oxygen atoms in total. The molecule has 0 amide bonds. The number of ether oxygens (including phenoxy) is 1. The second kappa shape index (κ2) is 4.42. The van der Waals surface area contributed by atoms with Crippen LogP contribution in [0.15, 0.2) is 18.3 Å². The monoisotopic (exact) mass is 192 g/mol. The van der Waals surface area contributed by atoms with Crippen LogP contribution in [-0.4, -0.2) is 24.2 Å². The Kier molecular flexibility index (Phi) is 2.99. The van der Waals surface area contributed by atoms with E-state index in [0.29, 0.717) is 6.10 Å². The van der Waals surface area contributed by atoms with E-state index >= 15 is 0 Å². The Balaban J connectivity index is 1.95. The van der Waals surface area contributed by atoms with Gasteiger partial charge in [-0.25, -0.2) is 0 Å². The summed E-state index contributed by atoms with van der Waals surface area (Å²) < 4.78 is 5.83. The lowest BCUT2D eigenvalue weighted by atomic mass is 10.1. The fourth-order valence-corrected chi connectivity index (χ4v) is 1.71. The summed E-state index contributed by atoms with van der Waals surface area (Å²) in [7, 11) is 0. The van der Waals surface area contributed by atoms with Crippen molar-refractivity contribution in [2.24, 2.45) is 0 Å². The molecule has 1 saturated heterocycles. The highest BCUT2D eigenvalue weighted by Gasteiger charge is 2.13. The Bertz CT molecular complexity index is 295. The van der Waals surface area contributed by atoms with Crippen LogP contribution in [0.4, 0.5) is 0 Å².